The fourth-order valence-corrected chi connectivity index (χ4v) is 2.85. The molecule has 0 spiro atoms. The van der Waals surface area contributed by atoms with Gasteiger partial charge in [-0.1, -0.05) is 6.07 Å². The highest BCUT2D eigenvalue weighted by Gasteiger charge is 2.26. The van der Waals surface area contributed by atoms with E-state index in [0.29, 0.717) is 6.04 Å². The second-order valence-electron chi connectivity index (χ2n) is 5.80. The van der Waals surface area contributed by atoms with Crippen LogP contribution in [0.4, 0.5) is 5.69 Å². The van der Waals surface area contributed by atoms with Gasteiger partial charge < -0.3 is 10.2 Å². The first-order chi connectivity index (χ1) is 9.35. The van der Waals surface area contributed by atoms with Crippen LogP contribution in [0.1, 0.15) is 31.2 Å². The molecular formula is C16H21N3. The molecule has 1 aliphatic heterocycles. The van der Waals surface area contributed by atoms with E-state index in [1.807, 2.05) is 18.2 Å². The molecule has 2 fully saturated rings. The molecular weight excluding hydrogens is 234 g/mol. The number of anilines is 1. The number of nitrogens with zero attached hydrogens (tertiary/aromatic N) is 2. The van der Waals surface area contributed by atoms with Gasteiger partial charge in [-0.25, -0.2) is 0 Å². The largest absolute Gasteiger partial charge is 0.370 e. The monoisotopic (exact) mass is 255 g/mol. The smallest absolute Gasteiger partial charge is 0.0992 e. The van der Waals surface area contributed by atoms with Crippen LogP contribution in [0, 0.1) is 17.2 Å². The molecule has 3 heteroatoms. The van der Waals surface area contributed by atoms with Crippen LogP contribution in [0.3, 0.4) is 0 Å². The Morgan fingerprint density at radius 1 is 1.26 bits per heavy atom. The van der Waals surface area contributed by atoms with Crippen molar-refractivity contribution in [2.24, 2.45) is 5.92 Å². The van der Waals surface area contributed by atoms with Crippen molar-refractivity contribution < 1.29 is 0 Å². The fourth-order valence-electron chi connectivity index (χ4n) is 2.85. The maximum atomic E-state index is 9.04. The summed E-state index contributed by atoms with van der Waals surface area (Å²) in [6.07, 6.45) is 5.30. The molecule has 19 heavy (non-hydrogen) atoms. The standard InChI is InChI=1S/C16H21N3/c17-10-14-3-1-5-16(9-14)19(11-13-6-7-13)12-15-4-2-8-18-15/h1,3,5,9,13,15,18H,2,4,6-8,11-12H2. The van der Waals surface area contributed by atoms with Crippen molar-refractivity contribution in [3.8, 4) is 6.07 Å². The molecule has 0 radical (unpaired) electrons. The normalized spacial score (nSPS) is 22.2. The van der Waals surface area contributed by atoms with Gasteiger partial charge in [0.2, 0.25) is 0 Å². The van der Waals surface area contributed by atoms with Crippen molar-refractivity contribution in [2.75, 3.05) is 24.5 Å². The first-order valence-electron chi connectivity index (χ1n) is 7.33. The summed E-state index contributed by atoms with van der Waals surface area (Å²) in [4.78, 5) is 2.47. The molecule has 1 heterocycles. The Kier molecular flexibility index (Phi) is 3.70. The van der Waals surface area contributed by atoms with E-state index in [-0.39, 0.29) is 0 Å². The van der Waals surface area contributed by atoms with Gasteiger partial charge in [0.15, 0.2) is 0 Å². The molecule has 1 aromatic carbocycles. The second kappa shape index (κ2) is 5.63. The molecule has 1 aliphatic carbocycles. The number of rotatable bonds is 5. The number of hydrogen-bond donors (Lipinski definition) is 1. The fraction of sp³-hybridized carbons (Fsp3) is 0.562. The van der Waals surface area contributed by atoms with E-state index in [1.165, 1.54) is 31.4 Å². The van der Waals surface area contributed by atoms with Crippen molar-refractivity contribution in [1.29, 1.82) is 5.26 Å². The third-order valence-corrected chi connectivity index (χ3v) is 4.12. The average Bonchev–Trinajstić information content (AvgIpc) is 3.12. The van der Waals surface area contributed by atoms with Gasteiger partial charge in [0.25, 0.3) is 0 Å². The average molecular weight is 255 g/mol. The van der Waals surface area contributed by atoms with Crippen LogP contribution in [0.25, 0.3) is 0 Å². The van der Waals surface area contributed by atoms with E-state index in [4.69, 9.17) is 5.26 Å². The quantitative estimate of drug-likeness (QED) is 0.878. The summed E-state index contributed by atoms with van der Waals surface area (Å²) in [5, 5.41) is 12.6. The molecule has 1 atom stereocenters. The number of nitriles is 1. The maximum Gasteiger partial charge on any atom is 0.0992 e. The number of hydrogen-bond acceptors (Lipinski definition) is 3. The van der Waals surface area contributed by atoms with Gasteiger partial charge in [-0.15, -0.1) is 0 Å². The Bertz CT molecular complexity index is 467. The zero-order valence-corrected chi connectivity index (χ0v) is 11.3. The molecule has 1 saturated carbocycles. The van der Waals surface area contributed by atoms with E-state index >= 15 is 0 Å². The van der Waals surface area contributed by atoms with E-state index in [0.717, 1.165) is 31.1 Å². The van der Waals surface area contributed by atoms with Crippen molar-refractivity contribution >= 4 is 5.69 Å². The van der Waals surface area contributed by atoms with E-state index < -0.39 is 0 Å². The van der Waals surface area contributed by atoms with Crippen molar-refractivity contribution in [3.05, 3.63) is 29.8 Å². The summed E-state index contributed by atoms with van der Waals surface area (Å²) in [6.45, 7) is 3.37. The molecule has 3 rings (SSSR count). The lowest BCUT2D eigenvalue weighted by Crippen LogP contribution is -2.38. The molecule has 1 aromatic rings. The van der Waals surface area contributed by atoms with Crippen LogP contribution >= 0.6 is 0 Å². The molecule has 0 amide bonds. The predicted molar refractivity (Wildman–Crippen MR) is 77.1 cm³/mol. The van der Waals surface area contributed by atoms with Gasteiger partial charge in [0.05, 0.1) is 11.6 Å². The highest BCUT2D eigenvalue weighted by Crippen LogP contribution is 2.32. The molecule has 0 bridgehead atoms. The highest BCUT2D eigenvalue weighted by atomic mass is 15.2. The minimum Gasteiger partial charge on any atom is -0.370 e. The zero-order valence-electron chi connectivity index (χ0n) is 11.3. The summed E-state index contributed by atoms with van der Waals surface area (Å²) in [5.41, 5.74) is 1.97. The van der Waals surface area contributed by atoms with Crippen LogP contribution in [0.15, 0.2) is 24.3 Å². The van der Waals surface area contributed by atoms with Crippen molar-refractivity contribution in [3.63, 3.8) is 0 Å². The van der Waals surface area contributed by atoms with Gasteiger partial charge in [-0.3, -0.25) is 0 Å². The van der Waals surface area contributed by atoms with E-state index in [2.05, 4.69) is 22.4 Å². The molecule has 1 N–H and O–H groups in total. The molecule has 1 unspecified atom stereocenters. The topological polar surface area (TPSA) is 39.1 Å². The van der Waals surface area contributed by atoms with Crippen LogP contribution in [0.2, 0.25) is 0 Å². The number of nitrogens with one attached hydrogen (secondary N) is 1. The van der Waals surface area contributed by atoms with Gasteiger partial charge in [0.1, 0.15) is 0 Å². The Hall–Kier alpha value is -1.53. The van der Waals surface area contributed by atoms with Gasteiger partial charge >= 0.3 is 0 Å². The summed E-state index contributed by atoms with van der Waals surface area (Å²) >= 11 is 0. The lowest BCUT2D eigenvalue weighted by molar-refractivity contribution is 0.570. The summed E-state index contributed by atoms with van der Waals surface area (Å²) in [5.74, 6) is 0.868. The van der Waals surface area contributed by atoms with Crippen molar-refractivity contribution in [1.82, 2.24) is 5.32 Å². The van der Waals surface area contributed by atoms with Crippen LogP contribution in [-0.4, -0.2) is 25.7 Å². The Labute approximate surface area is 115 Å². The highest BCUT2D eigenvalue weighted by molar-refractivity contribution is 5.51. The lowest BCUT2D eigenvalue weighted by atomic mass is 10.1. The summed E-state index contributed by atoms with van der Waals surface area (Å²) in [7, 11) is 0. The molecule has 1 saturated heterocycles. The third-order valence-electron chi connectivity index (χ3n) is 4.12. The second-order valence-corrected chi connectivity index (χ2v) is 5.80. The minimum absolute atomic E-state index is 0.615. The molecule has 3 nitrogen and oxygen atoms in total. The summed E-state index contributed by atoms with van der Waals surface area (Å²) in [6, 6.07) is 10.9. The van der Waals surface area contributed by atoms with Gasteiger partial charge in [-0.2, -0.15) is 5.26 Å². The van der Waals surface area contributed by atoms with Crippen LogP contribution in [-0.2, 0) is 0 Å². The minimum atomic E-state index is 0.615. The van der Waals surface area contributed by atoms with Gasteiger partial charge in [0, 0.05) is 24.8 Å². The maximum absolute atomic E-state index is 9.04. The first kappa shape index (κ1) is 12.5. The predicted octanol–water partition coefficient (Wildman–Crippen LogP) is 2.53. The number of benzene rings is 1. The Morgan fingerprint density at radius 3 is 2.84 bits per heavy atom. The Morgan fingerprint density at radius 2 is 2.16 bits per heavy atom. The Balaban J connectivity index is 1.74. The van der Waals surface area contributed by atoms with Crippen LogP contribution in [0.5, 0.6) is 0 Å². The zero-order chi connectivity index (χ0) is 13.1. The SMILES string of the molecule is N#Cc1cccc(N(CC2CC2)CC2CCCN2)c1. The van der Waals surface area contributed by atoms with Crippen molar-refractivity contribution in [2.45, 2.75) is 31.7 Å². The molecule has 0 aromatic heterocycles. The molecule has 100 valence electrons. The van der Waals surface area contributed by atoms with Gasteiger partial charge in [-0.05, 0) is 56.3 Å². The summed E-state index contributed by atoms with van der Waals surface area (Å²) < 4.78 is 0. The van der Waals surface area contributed by atoms with Crippen LogP contribution < -0.4 is 10.2 Å². The molecule has 2 aliphatic rings. The van der Waals surface area contributed by atoms with E-state index in [9.17, 15) is 0 Å². The van der Waals surface area contributed by atoms with E-state index in [1.54, 1.807) is 0 Å². The third kappa shape index (κ3) is 3.27. The lowest BCUT2D eigenvalue weighted by Gasteiger charge is -2.28. The first-order valence-corrected chi connectivity index (χ1v) is 7.33.